The number of nitrogens with zero attached hydrogens (tertiary/aromatic N) is 4. The zero-order valence-corrected chi connectivity index (χ0v) is 23.5. The average molecular weight is 596 g/mol. The molecule has 0 atom stereocenters. The largest absolute Gasteiger partial charge is 0.472 e. The molecule has 0 saturated carbocycles. The van der Waals surface area contributed by atoms with Crippen LogP contribution in [-0.2, 0) is 13.1 Å². The fourth-order valence-electron chi connectivity index (χ4n) is 4.48. The Bertz CT molecular complexity index is 1930. The van der Waals surface area contributed by atoms with Crippen molar-refractivity contribution >= 4 is 40.4 Å². The molecule has 0 saturated heterocycles. The Morgan fingerprint density at radius 3 is 2.55 bits per heavy atom. The van der Waals surface area contributed by atoms with Crippen molar-refractivity contribution in [3.8, 4) is 22.4 Å². The van der Waals surface area contributed by atoms with E-state index in [1.165, 1.54) is 39.3 Å². The Kier molecular flexibility index (Phi) is 7.63. The minimum absolute atomic E-state index is 0.211. The van der Waals surface area contributed by atoms with Crippen molar-refractivity contribution < 1.29 is 14.0 Å². The lowest BCUT2D eigenvalue weighted by atomic mass is 9.99. The Hall–Kier alpha value is -5.06. The number of benzene rings is 1. The van der Waals surface area contributed by atoms with Crippen LogP contribution in [0.3, 0.4) is 0 Å². The SMILES string of the molecule is O=C(Cn1ccc(-c2ccccc2)c(-c2cc(NCc3ccc(Cl)s3)n(C(=O)c3ccoc3)n2)c1=O)c1ccccn1. The third-order valence-corrected chi connectivity index (χ3v) is 7.74. The second-order valence-corrected chi connectivity index (χ2v) is 11.0. The minimum Gasteiger partial charge on any atom is -0.472 e. The number of carbonyl (C=O) groups excluding carboxylic acids is 2. The summed E-state index contributed by atoms with van der Waals surface area (Å²) in [5.74, 6) is -0.377. The summed E-state index contributed by atoms with van der Waals surface area (Å²) in [7, 11) is 0. The van der Waals surface area contributed by atoms with Gasteiger partial charge in [0.1, 0.15) is 23.5 Å². The maximum Gasteiger partial charge on any atom is 0.283 e. The van der Waals surface area contributed by atoms with Crippen molar-refractivity contribution in [2.75, 3.05) is 5.32 Å². The second-order valence-electron chi connectivity index (χ2n) is 9.24. The molecule has 0 amide bonds. The lowest BCUT2D eigenvalue weighted by Crippen LogP contribution is -2.26. The molecule has 5 aromatic heterocycles. The number of anilines is 1. The van der Waals surface area contributed by atoms with Crippen LogP contribution in [0.15, 0.2) is 113 Å². The van der Waals surface area contributed by atoms with Crippen molar-refractivity contribution in [1.82, 2.24) is 19.3 Å². The normalized spacial score (nSPS) is 11.0. The second kappa shape index (κ2) is 11.8. The van der Waals surface area contributed by atoms with E-state index in [4.69, 9.17) is 16.0 Å². The third-order valence-electron chi connectivity index (χ3n) is 6.51. The van der Waals surface area contributed by atoms with E-state index in [0.29, 0.717) is 27.8 Å². The van der Waals surface area contributed by atoms with E-state index in [1.54, 1.807) is 48.7 Å². The van der Waals surface area contributed by atoms with Crippen molar-refractivity contribution in [3.05, 3.63) is 135 Å². The van der Waals surface area contributed by atoms with Crippen LogP contribution < -0.4 is 10.9 Å². The third kappa shape index (κ3) is 5.58. The number of Topliss-reactive ketones (excluding diaryl/α,β-unsaturated/α-hetero) is 1. The van der Waals surface area contributed by atoms with Crippen LogP contribution in [0.5, 0.6) is 0 Å². The smallest absolute Gasteiger partial charge is 0.283 e. The Balaban J connectivity index is 1.47. The number of thiophene rings is 1. The van der Waals surface area contributed by atoms with E-state index in [0.717, 1.165) is 10.4 Å². The molecule has 42 heavy (non-hydrogen) atoms. The molecule has 0 unspecified atom stereocenters. The van der Waals surface area contributed by atoms with E-state index in [1.807, 2.05) is 36.4 Å². The zero-order valence-electron chi connectivity index (χ0n) is 21.9. The van der Waals surface area contributed by atoms with Gasteiger partial charge in [0, 0.05) is 23.3 Å². The van der Waals surface area contributed by atoms with Gasteiger partial charge < -0.3 is 14.3 Å². The summed E-state index contributed by atoms with van der Waals surface area (Å²) in [5, 5.41) is 7.86. The van der Waals surface area contributed by atoms with Crippen molar-refractivity contribution in [1.29, 1.82) is 0 Å². The molecule has 6 aromatic rings. The predicted octanol–water partition coefficient (Wildman–Crippen LogP) is 6.27. The van der Waals surface area contributed by atoms with Crippen LogP contribution in [0.25, 0.3) is 22.4 Å². The first-order valence-corrected chi connectivity index (χ1v) is 14.1. The Morgan fingerprint density at radius 1 is 1.00 bits per heavy atom. The number of halogens is 1. The van der Waals surface area contributed by atoms with E-state index >= 15 is 0 Å². The molecule has 0 radical (unpaired) electrons. The quantitative estimate of drug-likeness (QED) is 0.196. The summed E-state index contributed by atoms with van der Waals surface area (Å²) in [4.78, 5) is 45.5. The summed E-state index contributed by atoms with van der Waals surface area (Å²) in [5.41, 5.74) is 2.03. The van der Waals surface area contributed by atoms with Gasteiger partial charge in [-0.05, 0) is 47.5 Å². The standard InChI is InChI=1S/C31H22ClN5O4S/c32-27-10-9-22(42-27)17-34-28-16-25(35-37(28)30(39)21-12-15-41-19-21)29-23(20-6-2-1-3-7-20)11-14-36(31(29)40)18-26(38)24-8-4-5-13-33-24/h1-16,19,34H,17-18H2. The van der Waals surface area contributed by atoms with Gasteiger partial charge in [-0.15, -0.1) is 11.3 Å². The molecule has 11 heteroatoms. The van der Waals surface area contributed by atoms with E-state index in [2.05, 4.69) is 15.4 Å². The molecule has 0 spiro atoms. The Labute approximate surface area is 248 Å². The first kappa shape index (κ1) is 27.1. The highest BCUT2D eigenvalue weighted by Gasteiger charge is 2.23. The number of nitrogens with one attached hydrogen (secondary N) is 1. The Morgan fingerprint density at radius 2 is 1.83 bits per heavy atom. The van der Waals surface area contributed by atoms with Crippen molar-refractivity contribution in [2.45, 2.75) is 13.1 Å². The van der Waals surface area contributed by atoms with Crippen LogP contribution in [0.2, 0.25) is 4.34 Å². The van der Waals surface area contributed by atoms with Gasteiger partial charge in [0.15, 0.2) is 0 Å². The van der Waals surface area contributed by atoms with Crippen LogP contribution in [0.4, 0.5) is 5.82 Å². The summed E-state index contributed by atoms with van der Waals surface area (Å²) in [6.07, 6.45) is 5.85. The number of rotatable bonds is 9. The fraction of sp³-hybridized carbons (Fsp3) is 0.0645. The van der Waals surface area contributed by atoms with Crippen LogP contribution in [-0.4, -0.2) is 31.0 Å². The monoisotopic (exact) mass is 595 g/mol. The molecule has 0 bridgehead atoms. The lowest BCUT2D eigenvalue weighted by Gasteiger charge is -2.12. The van der Waals surface area contributed by atoms with Gasteiger partial charge in [-0.2, -0.15) is 9.78 Å². The molecule has 0 aliphatic carbocycles. The van der Waals surface area contributed by atoms with E-state index in [9.17, 15) is 14.4 Å². The number of carbonyl (C=O) groups is 2. The van der Waals surface area contributed by atoms with Crippen LogP contribution in [0, 0.1) is 0 Å². The first-order valence-electron chi connectivity index (χ1n) is 12.9. The topological polar surface area (TPSA) is 112 Å². The van der Waals surface area contributed by atoms with Gasteiger partial charge in [0.05, 0.1) is 34.8 Å². The molecule has 0 aliphatic rings. The minimum atomic E-state index is -0.440. The van der Waals surface area contributed by atoms with E-state index in [-0.39, 0.29) is 29.3 Å². The lowest BCUT2D eigenvalue weighted by molar-refractivity contribution is 0.0944. The van der Waals surface area contributed by atoms with Crippen molar-refractivity contribution in [3.63, 3.8) is 0 Å². The van der Waals surface area contributed by atoms with Gasteiger partial charge in [-0.1, -0.05) is 48.0 Å². The number of hydrogen-bond acceptors (Lipinski definition) is 8. The molecule has 0 fully saturated rings. The predicted molar refractivity (Wildman–Crippen MR) is 161 cm³/mol. The zero-order chi connectivity index (χ0) is 29.1. The molecule has 1 N–H and O–H groups in total. The highest BCUT2D eigenvalue weighted by atomic mass is 35.5. The molecule has 6 rings (SSSR count). The highest BCUT2D eigenvalue weighted by Crippen LogP contribution is 2.31. The first-order chi connectivity index (χ1) is 20.5. The number of ketones is 1. The van der Waals surface area contributed by atoms with Gasteiger partial charge in [0.2, 0.25) is 5.78 Å². The van der Waals surface area contributed by atoms with Gasteiger partial charge in [-0.25, -0.2) is 0 Å². The molecule has 208 valence electrons. The number of furan rings is 1. The van der Waals surface area contributed by atoms with Crippen LogP contribution in [0.1, 0.15) is 25.7 Å². The maximum atomic E-state index is 14.0. The maximum absolute atomic E-state index is 14.0. The van der Waals surface area contributed by atoms with Crippen molar-refractivity contribution in [2.24, 2.45) is 0 Å². The molecular weight excluding hydrogens is 574 g/mol. The molecule has 9 nitrogen and oxygen atoms in total. The molecule has 0 aliphatic heterocycles. The number of aromatic nitrogens is 4. The fourth-order valence-corrected chi connectivity index (χ4v) is 5.51. The van der Waals surface area contributed by atoms with Gasteiger partial charge in [-0.3, -0.25) is 19.4 Å². The summed E-state index contributed by atoms with van der Waals surface area (Å²) < 4.78 is 8.30. The van der Waals surface area contributed by atoms with E-state index < -0.39 is 11.5 Å². The van der Waals surface area contributed by atoms with Gasteiger partial charge >= 0.3 is 0 Å². The molecule has 5 heterocycles. The average Bonchev–Trinajstić information content (AvgIpc) is 3.79. The molecular formula is C31H22ClN5O4S. The summed E-state index contributed by atoms with van der Waals surface area (Å²) in [6, 6.07) is 23.1. The van der Waals surface area contributed by atoms with Gasteiger partial charge in [0.25, 0.3) is 11.5 Å². The summed E-state index contributed by atoms with van der Waals surface area (Å²) in [6.45, 7) is 0.168. The number of pyridine rings is 2. The molecule has 1 aromatic carbocycles. The summed E-state index contributed by atoms with van der Waals surface area (Å²) >= 11 is 7.52. The van der Waals surface area contributed by atoms with Crippen LogP contribution >= 0.6 is 22.9 Å². The number of hydrogen-bond donors (Lipinski definition) is 1. The highest BCUT2D eigenvalue weighted by molar-refractivity contribution is 7.16.